The zero-order valence-electron chi connectivity index (χ0n) is 11.9. The summed E-state index contributed by atoms with van der Waals surface area (Å²) in [4.78, 5) is 4.51. The van der Waals surface area contributed by atoms with Crippen LogP contribution in [0.4, 0.5) is 4.39 Å². The van der Waals surface area contributed by atoms with Gasteiger partial charge >= 0.3 is 0 Å². The monoisotopic (exact) mass is 279 g/mol. The second-order valence-electron chi connectivity index (χ2n) is 4.90. The summed E-state index contributed by atoms with van der Waals surface area (Å²) in [5, 5.41) is 6.41. The van der Waals surface area contributed by atoms with Gasteiger partial charge in [0.05, 0.1) is 6.54 Å². The van der Waals surface area contributed by atoms with Gasteiger partial charge in [0.1, 0.15) is 18.2 Å². The van der Waals surface area contributed by atoms with Gasteiger partial charge in [-0.05, 0) is 37.8 Å². The Morgan fingerprint density at radius 3 is 2.95 bits per heavy atom. The van der Waals surface area contributed by atoms with Crippen molar-refractivity contribution >= 4 is 5.96 Å². The fourth-order valence-electron chi connectivity index (χ4n) is 1.76. The average Bonchev–Trinajstić information content (AvgIpc) is 3.25. The van der Waals surface area contributed by atoms with Gasteiger partial charge in [-0.25, -0.2) is 4.39 Å². The van der Waals surface area contributed by atoms with E-state index < -0.39 is 0 Å². The fraction of sp³-hybridized carbons (Fsp3) is 0.533. The number of nitrogens with zero attached hydrogens (tertiary/aromatic N) is 1. The SMILES string of the molecule is CCNC(=NCC1CC1)NCCOc1cccc(F)c1. The second kappa shape index (κ2) is 7.72. The fourth-order valence-corrected chi connectivity index (χ4v) is 1.76. The summed E-state index contributed by atoms with van der Waals surface area (Å²) < 4.78 is 18.4. The van der Waals surface area contributed by atoms with Crippen LogP contribution in [0.25, 0.3) is 0 Å². The van der Waals surface area contributed by atoms with Crippen LogP contribution in [-0.4, -0.2) is 32.2 Å². The summed E-state index contributed by atoms with van der Waals surface area (Å²) in [5.41, 5.74) is 0. The lowest BCUT2D eigenvalue weighted by atomic mass is 10.3. The van der Waals surface area contributed by atoms with Crippen molar-refractivity contribution in [2.45, 2.75) is 19.8 Å². The Labute approximate surface area is 119 Å². The maximum absolute atomic E-state index is 13.0. The molecule has 0 aliphatic heterocycles. The van der Waals surface area contributed by atoms with E-state index in [1.807, 2.05) is 6.92 Å². The van der Waals surface area contributed by atoms with Gasteiger partial charge in [0.15, 0.2) is 5.96 Å². The van der Waals surface area contributed by atoms with Crippen molar-refractivity contribution in [2.24, 2.45) is 10.9 Å². The second-order valence-corrected chi connectivity index (χ2v) is 4.90. The van der Waals surface area contributed by atoms with Crippen molar-refractivity contribution in [1.82, 2.24) is 10.6 Å². The highest BCUT2D eigenvalue weighted by atomic mass is 19.1. The van der Waals surface area contributed by atoms with Crippen LogP contribution in [0.1, 0.15) is 19.8 Å². The van der Waals surface area contributed by atoms with Gasteiger partial charge in [-0.1, -0.05) is 6.07 Å². The van der Waals surface area contributed by atoms with E-state index in [9.17, 15) is 4.39 Å². The Morgan fingerprint density at radius 1 is 1.40 bits per heavy atom. The lowest BCUT2D eigenvalue weighted by Crippen LogP contribution is -2.39. The van der Waals surface area contributed by atoms with E-state index in [2.05, 4.69) is 15.6 Å². The van der Waals surface area contributed by atoms with Gasteiger partial charge in [-0.2, -0.15) is 0 Å². The number of ether oxygens (including phenoxy) is 1. The van der Waals surface area contributed by atoms with Crippen molar-refractivity contribution in [3.63, 3.8) is 0 Å². The molecule has 0 saturated heterocycles. The Kier molecular flexibility index (Phi) is 5.65. The van der Waals surface area contributed by atoms with Gasteiger partial charge in [-0.3, -0.25) is 4.99 Å². The van der Waals surface area contributed by atoms with Crippen molar-refractivity contribution < 1.29 is 9.13 Å². The van der Waals surface area contributed by atoms with E-state index in [1.165, 1.54) is 25.0 Å². The molecule has 4 nitrogen and oxygen atoms in total. The predicted molar refractivity (Wildman–Crippen MR) is 78.6 cm³/mol. The molecule has 0 atom stereocenters. The molecule has 0 aromatic heterocycles. The predicted octanol–water partition coefficient (Wildman–Crippen LogP) is 2.17. The summed E-state index contributed by atoms with van der Waals surface area (Å²) >= 11 is 0. The molecular weight excluding hydrogens is 257 g/mol. The number of halogens is 1. The summed E-state index contributed by atoms with van der Waals surface area (Å²) in [6, 6.07) is 6.17. The molecule has 0 unspecified atom stereocenters. The topological polar surface area (TPSA) is 45.7 Å². The van der Waals surface area contributed by atoms with Gasteiger partial charge in [-0.15, -0.1) is 0 Å². The van der Waals surface area contributed by atoms with Crippen molar-refractivity contribution in [2.75, 3.05) is 26.2 Å². The van der Waals surface area contributed by atoms with E-state index >= 15 is 0 Å². The normalized spacial score (nSPS) is 15.0. The van der Waals surface area contributed by atoms with Crippen LogP contribution in [0.5, 0.6) is 5.75 Å². The van der Waals surface area contributed by atoms with E-state index in [0.29, 0.717) is 18.9 Å². The lowest BCUT2D eigenvalue weighted by Gasteiger charge is -2.12. The third-order valence-electron chi connectivity index (χ3n) is 3.01. The quantitative estimate of drug-likeness (QED) is 0.457. The zero-order chi connectivity index (χ0) is 14.2. The molecule has 5 heteroatoms. The molecular formula is C15H22FN3O. The largest absolute Gasteiger partial charge is 0.492 e. The van der Waals surface area contributed by atoms with Crippen LogP contribution in [0.15, 0.2) is 29.3 Å². The summed E-state index contributed by atoms with van der Waals surface area (Å²) in [6.07, 6.45) is 2.59. The number of hydrogen-bond acceptors (Lipinski definition) is 2. The minimum Gasteiger partial charge on any atom is -0.492 e. The molecule has 0 heterocycles. The summed E-state index contributed by atoms with van der Waals surface area (Å²) in [6.45, 7) is 4.86. The van der Waals surface area contributed by atoms with Crippen LogP contribution >= 0.6 is 0 Å². The molecule has 1 aliphatic rings. The van der Waals surface area contributed by atoms with Crippen molar-refractivity contribution in [1.29, 1.82) is 0 Å². The minimum absolute atomic E-state index is 0.283. The highest BCUT2D eigenvalue weighted by molar-refractivity contribution is 5.79. The van der Waals surface area contributed by atoms with Crippen LogP contribution in [-0.2, 0) is 0 Å². The number of rotatable bonds is 7. The Balaban J connectivity index is 1.68. The molecule has 1 fully saturated rings. The number of benzene rings is 1. The molecule has 1 aromatic carbocycles. The highest BCUT2D eigenvalue weighted by Crippen LogP contribution is 2.28. The van der Waals surface area contributed by atoms with Crippen molar-refractivity contribution in [3.05, 3.63) is 30.1 Å². The smallest absolute Gasteiger partial charge is 0.191 e. The molecule has 2 N–H and O–H groups in total. The lowest BCUT2D eigenvalue weighted by molar-refractivity contribution is 0.320. The molecule has 1 aliphatic carbocycles. The first kappa shape index (κ1) is 14.6. The summed E-state index contributed by atoms with van der Waals surface area (Å²) in [5.74, 6) is 1.86. The molecule has 1 saturated carbocycles. The first-order chi connectivity index (χ1) is 9.78. The molecule has 0 bridgehead atoms. The Morgan fingerprint density at radius 2 is 2.25 bits per heavy atom. The number of guanidine groups is 1. The van der Waals surface area contributed by atoms with E-state index in [-0.39, 0.29) is 5.82 Å². The molecule has 0 radical (unpaired) electrons. The van der Waals surface area contributed by atoms with Crippen LogP contribution in [0, 0.1) is 11.7 Å². The third-order valence-corrected chi connectivity index (χ3v) is 3.01. The molecule has 2 rings (SSSR count). The standard InChI is InChI=1S/C15H22FN3O/c1-2-17-15(19-11-12-6-7-12)18-8-9-20-14-5-3-4-13(16)10-14/h3-5,10,12H,2,6-9,11H2,1H3,(H2,17,18,19). The van der Waals surface area contributed by atoms with Crippen molar-refractivity contribution in [3.8, 4) is 5.75 Å². The molecule has 1 aromatic rings. The molecule has 0 amide bonds. The molecule has 0 spiro atoms. The van der Waals surface area contributed by atoms with Crippen LogP contribution < -0.4 is 15.4 Å². The van der Waals surface area contributed by atoms with E-state index in [0.717, 1.165) is 25.0 Å². The third kappa shape index (κ3) is 5.47. The average molecular weight is 279 g/mol. The van der Waals surface area contributed by atoms with E-state index in [1.54, 1.807) is 12.1 Å². The van der Waals surface area contributed by atoms with Crippen LogP contribution in [0.3, 0.4) is 0 Å². The minimum atomic E-state index is -0.283. The Bertz CT molecular complexity index is 446. The van der Waals surface area contributed by atoms with Gasteiger partial charge in [0, 0.05) is 19.2 Å². The number of aliphatic imine (C=N–C) groups is 1. The maximum atomic E-state index is 13.0. The Hall–Kier alpha value is -1.78. The van der Waals surface area contributed by atoms with E-state index in [4.69, 9.17) is 4.74 Å². The number of hydrogen-bond donors (Lipinski definition) is 2. The van der Waals surface area contributed by atoms with Gasteiger partial charge < -0.3 is 15.4 Å². The zero-order valence-corrected chi connectivity index (χ0v) is 11.9. The summed E-state index contributed by atoms with van der Waals surface area (Å²) in [7, 11) is 0. The first-order valence-electron chi connectivity index (χ1n) is 7.18. The van der Waals surface area contributed by atoms with Gasteiger partial charge in [0.2, 0.25) is 0 Å². The van der Waals surface area contributed by atoms with Crippen LogP contribution in [0.2, 0.25) is 0 Å². The van der Waals surface area contributed by atoms with Gasteiger partial charge in [0.25, 0.3) is 0 Å². The first-order valence-corrected chi connectivity index (χ1v) is 7.18. The molecule has 110 valence electrons. The highest BCUT2D eigenvalue weighted by Gasteiger charge is 2.20. The number of nitrogens with one attached hydrogen (secondary N) is 2. The molecule has 20 heavy (non-hydrogen) atoms. The maximum Gasteiger partial charge on any atom is 0.191 e.